The topological polar surface area (TPSA) is 373 Å². The third-order valence-corrected chi connectivity index (χ3v) is 16.4. The van der Waals surface area contributed by atoms with Gasteiger partial charge in [0.1, 0.15) is 45.1 Å². The number of nitrogens with zero attached hydrogens (tertiary/aromatic N) is 17. The Hall–Kier alpha value is -12.4. The molecule has 2 amide bonds. The number of H-pyrrole nitrogens is 4. The van der Waals surface area contributed by atoms with Crippen LogP contribution in [0.4, 0.5) is 0 Å². The van der Waals surface area contributed by atoms with Gasteiger partial charge in [-0.3, -0.25) is 44.0 Å². The lowest BCUT2D eigenvalue weighted by atomic mass is 10.0. The lowest BCUT2D eigenvalue weighted by molar-refractivity contribution is 0.0600. The minimum Gasteiger partial charge on any atom is -0.497 e. The van der Waals surface area contributed by atoms with Crippen LogP contribution in [0.5, 0.6) is 11.5 Å². The van der Waals surface area contributed by atoms with E-state index in [0.717, 1.165) is 96.6 Å². The molecule has 0 spiro atoms. The van der Waals surface area contributed by atoms with Crippen molar-refractivity contribution in [2.24, 2.45) is 11.5 Å². The molecule has 29 heteroatoms. The minimum atomic E-state index is -0.519. The zero-order valence-corrected chi connectivity index (χ0v) is 55.6. The number of aromatic amines is 4. The zero-order chi connectivity index (χ0) is 68.5. The van der Waals surface area contributed by atoms with Gasteiger partial charge in [-0.15, -0.1) is 10.2 Å². The van der Waals surface area contributed by atoms with Crippen LogP contribution in [0, 0.1) is 41.5 Å². The number of nitrogens with two attached hydrogens (primary N) is 2. The molecule has 0 aliphatic carbocycles. The summed E-state index contributed by atoms with van der Waals surface area (Å²) in [7, 11) is 4.65. The number of ether oxygens (including phenoxy) is 3. The van der Waals surface area contributed by atoms with Crippen LogP contribution in [-0.4, -0.2) is 144 Å². The van der Waals surface area contributed by atoms with Gasteiger partial charge in [0, 0.05) is 75.1 Å². The Labute approximate surface area is 576 Å². The lowest BCUT2D eigenvalue weighted by Crippen LogP contribution is -2.11. The van der Waals surface area contributed by atoms with E-state index in [0.29, 0.717) is 111 Å². The highest BCUT2D eigenvalue weighted by Crippen LogP contribution is 2.35. The molecule has 9 aromatic heterocycles. The highest BCUT2D eigenvalue weighted by atomic mass is 16.5. The summed E-state index contributed by atoms with van der Waals surface area (Å²) in [6, 6.07) is 31.9. The SMILES string of the molecule is C.C.C.CCn1nc(C)cc1-c1nc(-c2cc(C(=O)OC)cc3c(C)[nH]nc23)n(Cc2ccc(OC)cc2)n1.CCn1nc(C)cc1-c1nc(-c2cc(C(N)=O)cc3c(C)[nH]nc23)n(Cc2ccc(OC)cc2)n1.CCn1nc(C)cc1-c1nc(-c2cc(C(N)=O)cc3c(C)[nH]nc23)n[nH]1. The van der Waals surface area contributed by atoms with Crippen LogP contribution in [0.25, 0.3) is 101 Å². The van der Waals surface area contributed by atoms with Crippen LogP contribution in [0.2, 0.25) is 0 Å². The van der Waals surface area contributed by atoms with Crippen molar-refractivity contribution in [1.82, 2.24) is 105 Å². The Morgan fingerprint density at radius 1 is 0.420 bits per heavy atom. The Bertz CT molecular complexity index is 5260. The molecular weight excluding hydrogens is 1270 g/mol. The molecule has 0 saturated heterocycles. The van der Waals surface area contributed by atoms with Gasteiger partial charge in [0.2, 0.25) is 11.8 Å². The molecule has 14 aromatic rings. The third kappa shape index (κ3) is 14.2. The standard InChI is InChI=1S/C26H27N7O3.C25H26N8O2.C17H18N8O.3CH4/c1-6-32-22(11-15(2)30-32)24-27-25(33(31-24)14-17-7-9-19(35-4)10-8-17)21-13-18(26(34)36-5)12-20-16(3)28-29-23(20)21;1-5-32-21(10-14(2)30-32)24-27-25(33(31-24)13-16-6-8-18(35-4)9-7-16)20-12-17(23(26)34)11-19-15(3)28-29-22(19)20;1-4-25-13(5-8(2)24-25)17-19-16(22-23-17)12-7-10(15(18)26)6-11-9(3)20-21-14(11)12;;;/h7-13H,6,14H2,1-5H3,(H,28,29);6-12H,5,13H2,1-4H3,(H2,26,34)(H,28,29);5-7H,4H2,1-3H3,(H2,18,26)(H,20,21)(H,19,22,23);3*1H4. The molecule has 0 fully saturated rings. The van der Waals surface area contributed by atoms with E-state index in [1.165, 1.54) is 7.11 Å². The van der Waals surface area contributed by atoms with E-state index < -0.39 is 17.8 Å². The monoisotopic (exact) mass is 1350 g/mol. The molecule has 0 aliphatic heterocycles. The Kier molecular flexibility index (Phi) is 21.5. The summed E-state index contributed by atoms with van der Waals surface area (Å²) >= 11 is 0. The van der Waals surface area contributed by atoms with Crippen molar-refractivity contribution < 1.29 is 28.6 Å². The first-order valence-electron chi connectivity index (χ1n) is 31.1. The predicted octanol–water partition coefficient (Wildman–Crippen LogP) is 11.5. The van der Waals surface area contributed by atoms with Crippen molar-refractivity contribution in [2.45, 2.75) is 117 Å². The van der Waals surface area contributed by atoms with E-state index in [9.17, 15) is 14.4 Å². The number of aryl methyl sites for hydroxylation is 9. The summed E-state index contributed by atoms with van der Waals surface area (Å²) < 4.78 is 24.9. The van der Waals surface area contributed by atoms with Gasteiger partial charge in [-0.25, -0.2) is 29.1 Å². The van der Waals surface area contributed by atoms with Gasteiger partial charge < -0.3 is 25.7 Å². The number of carbonyl (C=O) groups excluding carboxylic acids is 3. The number of benzene rings is 5. The molecule has 9 heterocycles. The maximum atomic E-state index is 12.5. The van der Waals surface area contributed by atoms with Crippen LogP contribution in [-0.2, 0) is 37.5 Å². The molecule has 0 aliphatic rings. The molecule has 100 heavy (non-hydrogen) atoms. The third-order valence-electron chi connectivity index (χ3n) is 16.4. The van der Waals surface area contributed by atoms with Crippen molar-refractivity contribution in [3.63, 3.8) is 0 Å². The molecule has 0 radical (unpaired) electrons. The summed E-state index contributed by atoms with van der Waals surface area (Å²) in [4.78, 5) is 50.8. The number of hydrogen-bond donors (Lipinski definition) is 6. The number of fused-ring (bicyclic) bond motifs is 3. The summed E-state index contributed by atoms with van der Waals surface area (Å²) in [5.74, 6) is 3.40. The largest absolute Gasteiger partial charge is 0.497 e. The Morgan fingerprint density at radius 2 is 0.790 bits per heavy atom. The predicted molar refractivity (Wildman–Crippen MR) is 384 cm³/mol. The fraction of sp³-hybridized carbons (Fsp3) is 0.282. The van der Waals surface area contributed by atoms with Crippen LogP contribution in [0.15, 0.2) is 103 Å². The first-order valence-corrected chi connectivity index (χ1v) is 31.1. The number of aromatic nitrogens is 21. The van der Waals surface area contributed by atoms with E-state index in [1.807, 2.05) is 152 Å². The van der Waals surface area contributed by atoms with Crippen molar-refractivity contribution >= 4 is 50.5 Å². The highest BCUT2D eigenvalue weighted by Gasteiger charge is 2.26. The second-order valence-corrected chi connectivity index (χ2v) is 23.0. The number of carbonyl (C=O) groups is 3. The molecule has 0 atom stereocenters. The van der Waals surface area contributed by atoms with Gasteiger partial charge in [-0.05, 0) is 152 Å². The molecule has 8 N–H and O–H groups in total. The maximum Gasteiger partial charge on any atom is 0.337 e. The fourth-order valence-electron chi connectivity index (χ4n) is 11.5. The summed E-state index contributed by atoms with van der Waals surface area (Å²) in [6.45, 7) is 20.6. The molecular formula is C71H83N23O6. The highest BCUT2D eigenvalue weighted by molar-refractivity contribution is 6.05. The molecule has 5 aromatic carbocycles. The van der Waals surface area contributed by atoms with Crippen molar-refractivity contribution in [1.29, 1.82) is 0 Å². The number of hydrogen-bond acceptors (Lipinski definition) is 18. The number of amides is 2. The average Bonchev–Trinajstić information content (AvgIpc) is 1.60. The second kappa shape index (κ2) is 29.9. The van der Waals surface area contributed by atoms with E-state index >= 15 is 0 Å². The number of methoxy groups -OCH3 is 3. The smallest absolute Gasteiger partial charge is 0.337 e. The number of nitrogens with one attached hydrogen (secondary N) is 4. The van der Waals surface area contributed by atoms with E-state index in [-0.39, 0.29) is 22.3 Å². The molecule has 29 nitrogen and oxygen atoms in total. The summed E-state index contributed by atoms with van der Waals surface area (Å²) in [6.07, 6.45) is 0. The number of rotatable bonds is 18. The van der Waals surface area contributed by atoms with Gasteiger partial charge in [0.15, 0.2) is 34.9 Å². The van der Waals surface area contributed by atoms with Crippen molar-refractivity contribution in [3.8, 4) is 80.2 Å². The minimum absolute atomic E-state index is 0. The second-order valence-electron chi connectivity index (χ2n) is 23.0. The molecule has 0 unspecified atom stereocenters. The van der Waals surface area contributed by atoms with Crippen LogP contribution >= 0.6 is 0 Å². The molecule has 14 rings (SSSR count). The summed E-state index contributed by atoms with van der Waals surface area (Å²) in [5, 5.41) is 55.3. The molecule has 0 bridgehead atoms. The van der Waals surface area contributed by atoms with E-state index in [4.69, 9.17) is 45.8 Å². The van der Waals surface area contributed by atoms with Crippen LogP contribution < -0.4 is 20.9 Å². The van der Waals surface area contributed by atoms with Crippen LogP contribution in [0.3, 0.4) is 0 Å². The van der Waals surface area contributed by atoms with Gasteiger partial charge in [-0.2, -0.15) is 35.7 Å². The summed E-state index contributed by atoms with van der Waals surface area (Å²) in [5.41, 5.74) is 26.2. The van der Waals surface area contributed by atoms with Gasteiger partial charge in [0.25, 0.3) is 0 Å². The van der Waals surface area contributed by atoms with Crippen molar-refractivity contribution in [3.05, 3.63) is 165 Å². The average molecular weight is 1350 g/mol. The van der Waals surface area contributed by atoms with Crippen molar-refractivity contribution in [2.75, 3.05) is 21.3 Å². The van der Waals surface area contributed by atoms with E-state index in [1.54, 1.807) is 50.6 Å². The quantitative estimate of drug-likeness (QED) is 0.0435. The lowest BCUT2D eigenvalue weighted by Gasteiger charge is -2.09. The number of primary amides is 2. The normalized spacial score (nSPS) is 11.0. The van der Waals surface area contributed by atoms with Gasteiger partial charge >= 0.3 is 5.97 Å². The van der Waals surface area contributed by atoms with Gasteiger partial charge in [0.05, 0.1) is 62.6 Å². The van der Waals surface area contributed by atoms with Gasteiger partial charge in [-0.1, -0.05) is 46.5 Å². The molecule has 518 valence electrons. The van der Waals surface area contributed by atoms with E-state index in [2.05, 4.69) is 61.1 Å². The first-order chi connectivity index (χ1) is 46.8. The first kappa shape index (κ1) is 71.9. The fourth-order valence-corrected chi connectivity index (χ4v) is 11.5. The Morgan fingerprint density at radius 3 is 1.18 bits per heavy atom. The molecule has 0 saturated carbocycles. The Balaban J connectivity index is 0.000000175. The zero-order valence-electron chi connectivity index (χ0n) is 55.6. The van der Waals surface area contributed by atoms with Crippen LogP contribution in [0.1, 0.15) is 119 Å². The number of esters is 1. The maximum absolute atomic E-state index is 12.5.